The Balaban J connectivity index is 1.47. The minimum atomic E-state index is -3.73. The zero-order chi connectivity index (χ0) is 21.8. The van der Waals surface area contributed by atoms with Gasteiger partial charge in [-0.1, -0.05) is 11.2 Å². The zero-order valence-electron chi connectivity index (χ0n) is 16.7. The minimum absolute atomic E-state index is 0.0311. The van der Waals surface area contributed by atoms with E-state index in [0.29, 0.717) is 30.2 Å². The molecule has 0 N–H and O–H groups in total. The van der Waals surface area contributed by atoms with Gasteiger partial charge >= 0.3 is 5.97 Å². The van der Waals surface area contributed by atoms with E-state index in [0.717, 1.165) is 0 Å². The van der Waals surface area contributed by atoms with Gasteiger partial charge in [0, 0.05) is 31.0 Å². The van der Waals surface area contributed by atoms with Crippen LogP contribution < -0.4 is 0 Å². The highest BCUT2D eigenvalue weighted by Gasteiger charge is 2.27. The standard InChI is InChI=1S/C20H20N4O6S/c1-14-4-5-16(31(26,27)24-7-9-28-10-8-24)11-17(14)20(25)29-13-18-22-19(23-30-18)15-3-2-6-21-12-15/h2-6,11-12H,7-10,13H2,1H3. The van der Waals surface area contributed by atoms with Crippen molar-refractivity contribution in [3.05, 3.63) is 59.7 Å². The first-order chi connectivity index (χ1) is 14.9. The van der Waals surface area contributed by atoms with Gasteiger partial charge in [0.15, 0.2) is 6.61 Å². The lowest BCUT2D eigenvalue weighted by molar-refractivity contribution is 0.0428. The van der Waals surface area contributed by atoms with E-state index in [1.165, 1.54) is 16.4 Å². The van der Waals surface area contributed by atoms with E-state index < -0.39 is 16.0 Å². The Morgan fingerprint density at radius 2 is 2.03 bits per heavy atom. The van der Waals surface area contributed by atoms with Gasteiger partial charge in [0.05, 0.1) is 23.7 Å². The second-order valence-corrected chi connectivity index (χ2v) is 8.76. The Bertz CT molecular complexity index is 1170. The minimum Gasteiger partial charge on any atom is -0.452 e. The zero-order valence-corrected chi connectivity index (χ0v) is 17.5. The highest BCUT2D eigenvalue weighted by atomic mass is 32.2. The normalized spacial score (nSPS) is 15.0. The lowest BCUT2D eigenvalue weighted by Gasteiger charge is -2.26. The Morgan fingerprint density at radius 3 is 2.77 bits per heavy atom. The van der Waals surface area contributed by atoms with E-state index in [4.69, 9.17) is 14.0 Å². The van der Waals surface area contributed by atoms with Gasteiger partial charge in [0.25, 0.3) is 5.89 Å². The first-order valence-corrected chi connectivity index (χ1v) is 11.0. The number of ether oxygens (including phenoxy) is 2. The molecule has 0 radical (unpaired) electrons. The maximum atomic E-state index is 12.9. The Hall–Kier alpha value is -3.15. The van der Waals surface area contributed by atoms with E-state index >= 15 is 0 Å². The highest BCUT2D eigenvalue weighted by Crippen LogP contribution is 2.22. The molecule has 1 aliphatic heterocycles. The maximum Gasteiger partial charge on any atom is 0.338 e. The third-order valence-electron chi connectivity index (χ3n) is 4.75. The number of rotatable bonds is 6. The molecular weight excluding hydrogens is 424 g/mol. The number of pyridine rings is 1. The quantitative estimate of drug-likeness (QED) is 0.523. The largest absolute Gasteiger partial charge is 0.452 e. The molecule has 0 spiro atoms. The molecule has 2 aromatic heterocycles. The number of hydrogen-bond donors (Lipinski definition) is 0. The van der Waals surface area contributed by atoms with Crippen molar-refractivity contribution in [1.82, 2.24) is 19.4 Å². The molecule has 11 heteroatoms. The smallest absolute Gasteiger partial charge is 0.338 e. The van der Waals surface area contributed by atoms with Crippen LogP contribution >= 0.6 is 0 Å². The molecule has 0 saturated carbocycles. The number of esters is 1. The molecule has 0 atom stereocenters. The first-order valence-electron chi connectivity index (χ1n) is 9.54. The Morgan fingerprint density at radius 1 is 1.23 bits per heavy atom. The molecule has 0 unspecified atom stereocenters. The van der Waals surface area contributed by atoms with E-state index in [-0.39, 0.29) is 36.0 Å². The summed E-state index contributed by atoms with van der Waals surface area (Å²) in [6.45, 7) is 2.68. The number of hydrogen-bond acceptors (Lipinski definition) is 9. The molecule has 10 nitrogen and oxygen atoms in total. The van der Waals surface area contributed by atoms with Gasteiger partial charge in [-0.05, 0) is 36.8 Å². The van der Waals surface area contributed by atoms with Gasteiger partial charge in [0.1, 0.15) is 0 Å². The van der Waals surface area contributed by atoms with E-state index in [1.807, 2.05) is 0 Å². The number of benzene rings is 1. The SMILES string of the molecule is Cc1ccc(S(=O)(=O)N2CCOCC2)cc1C(=O)OCc1nc(-c2cccnc2)no1. The predicted molar refractivity (Wildman–Crippen MR) is 107 cm³/mol. The number of sulfonamides is 1. The van der Waals surface area contributed by atoms with E-state index in [1.54, 1.807) is 37.5 Å². The monoisotopic (exact) mass is 444 g/mol. The summed E-state index contributed by atoms with van der Waals surface area (Å²) in [4.78, 5) is 20.8. The van der Waals surface area contributed by atoms with Crippen LogP contribution in [-0.2, 0) is 26.1 Å². The van der Waals surface area contributed by atoms with Gasteiger partial charge in [-0.15, -0.1) is 0 Å². The van der Waals surface area contributed by atoms with Crippen LogP contribution in [0.3, 0.4) is 0 Å². The van der Waals surface area contributed by atoms with Crippen LogP contribution in [0.1, 0.15) is 21.8 Å². The van der Waals surface area contributed by atoms with Gasteiger partial charge < -0.3 is 14.0 Å². The van der Waals surface area contributed by atoms with Gasteiger partial charge in [-0.3, -0.25) is 4.98 Å². The number of aromatic nitrogens is 3. The molecule has 1 aliphatic rings. The van der Waals surface area contributed by atoms with Crippen LogP contribution in [-0.4, -0.2) is 60.1 Å². The Labute approximate surface area is 178 Å². The second kappa shape index (κ2) is 8.92. The van der Waals surface area contributed by atoms with Crippen molar-refractivity contribution < 1.29 is 27.2 Å². The van der Waals surface area contributed by atoms with Crippen molar-refractivity contribution in [3.63, 3.8) is 0 Å². The highest BCUT2D eigenvalue weighted by molar-refractivity contribution is 7.89. The van der Waals surface area contributed by atoms with Crippen molar-refractivity contribution in [3.8, 4) is 11.4 Å². The number of carbonyl (C=O) groups is 1. The summed E-state index contributed by atoms with van der Waals surface area (Å²) in [6, 6.07) is 7.91. The fraction of sp³-hybridized carbons (Fsp3) is 0.300. The number of carbonyl (C=O) groups excluding carboxylic acids is 1. The molecule has 0 amide bonds. The molecule has 31 heavy (non-hydrogen) atoms. The van der Waals surface area contributed by atoms with Crippen LogP contribution in [0.25, 0.3) is 11.4 Å². The molecule has 0 bridgehead atoms. The third-order valence-corrected chi connectivity index (χ3v) is 6.65. The lowest BCUT2D eigenvalue weighted by atomic mass is 10.1. The predicted octanol–water partition coefficient (Wildman–Crippen LogP) is 1.82. The molecule has 1 fully saturated rings. The molecule has 162 valence electrons. The fourth-order valence-corrected chi connectivity index (χ4v) is 4.48. The van der Waals surface area contributed by atoms with Crippen molar-refractivity contribution in [2.24, 2.45) is 0 Å². The topological polar surface area (TPSA) is 125 Å². The summed E-state index contributed by atoms with van der Waals surface area (Å²) in [5.41, 5.74) is 1.41. The van der Waals surface area contributed by atoms with Crippen LogP contribution in [0, 0.1) is 6.92 Å². The van der Waals surface area contributed by atoms with Crippen molar-refractivity contribution >= 4 is 16.0 Å². The van der Waals surface area contributed by atoms with Crippen LogP contribution in [0.15, 0.2) is 52.1 Å². The summed E-state index contributed by atoms with van der Waals surface area (Å²) in [5, 5.41) is 3.84. The number of morpholine rings is 1. The number of aryl methyl sites for hydroxylation is 1. The first kappa shape index (κ1) is 21.1. The summed E-state index contributed by atoms with van der Waals surface area (Å²) in [6.07, 6.45) is 3.21. The number of nitrogens with zero attached hydrogens (tertiary/aromatic N) is 4. The second-order valence-electron chi connectivity index (χ2n) is 6.82. The molecule has 3 aromatic rings. The van der Waals surface area contributed by atoms with E-state index in [2.05, 4.69) is 15.1 Å². The molecule has 4 rings (SSSR count). The van der Waals surface area contributed by atoms with Crippen LogP contribution in [0.2, 0.25) is 0 Å². The molecular formula is C20H20N4O6S. The molecule has 1 saturated heterocycles. The van der Waals surface area contributed by atoms with Gasteiger partial charge in [-0.25, -0.2) is 13.2 Å². The maximum absolute atomic E-state index is 12.9. The molecule has 3 heterocycles. The summed E-state index contributed by atoms with van der Waals surface area (Å²) >= 11 is 0. The van der Waals surface area contributed by atoms with E-state index in [9.17, 15) is 13.2 Å². The van der Waals surface area contributed by atoms with Crippen molar-refractivity contribution in [2.75, 3.05) is 26.3 Å². The average Bonchev–Trinajstić information content (AvgIpc) is 3.28. The summed E-state index contributed by atoms with van der Waals surface area (Å²) in [7, 11) is -3.73. The van der Waals surface area contributed by atoms with Crippen LogP contribution in [0.4, 0.5) is 0 Å². The Kier molecular flexibility index (Phi) is 6.07. The summed E-state index contributed by atoms with van der Waals surface area (Å²) < 4.78 is 42.7. The fourth-order valence-electron chi connectivity index (χ4n) is 3.05. The average molecular weight is 444 g/mol. The molecule has 1 aromatic carbocycles. The van der Waals surface area contributed by atoms with Crippen molar-refractivity contribution in [1.29, 1.82) is 0 Å². The lowest BCUT2D eigenvalue weighted by Crippen LogP contribution is -2.40. The van der Waals surface area contributed by atoms with Crippen LogP contribution in [0.5, 0.6) is 0 Å². The third kappa shape index (κ3) is 4.63. The summed E-state index contributed by atoms with van der Waals surface area (Å²) in [5.74, 6) is -0.242. The van der Waals surface area contributed by atoms with Gasteiger partial charge in [-0.2, -0.15) is 9.29 Å². The van der Waals surface area contributed by atoms with Crippen molar-refractivity contribution in [2.45, 2.75) is 18.4 Å². The van der Waals surface area contributed by atoms with Gasteiger partial charge in [0.2, 0.25) is 15.8 Å². The molecule has 0 aliphatic carbocycles.